The number of sulfonamides is 1. The standard InChI is InChI=1S/C16H20Cl2N2O5S/c1-24-9-25-15-8-19-16(21)14-4-2-3-13(15)20(14)26(22,23)12-6-10(17)5-11(18)7-12/h5-7,13-15H,2-4,8-9H2,1H3,(H,19,21)/t13-,14?,15-/m0/s1. The van der Waals surface area contributed by atoms with Gasteiger partial charge in [-0.05, 0) is 37.5 Å². The normalized spacial score (nSPS) is 27.0. The number of benzene rings is 1. The van der Waals surface area contributed by atoms with Crippen LogP contribution in [0.3, 0.4) is 0 Å². The average molecular weight is 423 g/mol. The molecule has 2 aliphatic heterocycles. The Bertz CT molecular complexity index is 769. The van der Waals surface area contributed by atoms with Gasteiger partial charge in [0.25, 0.3) is 0 Å². The van der Waals surface area contributed by atoms with Crippen LogP contribution in [0.2, 0.25) is 10.0 Å². The number of fused-ring (bicyclic) bond motifs is 2. The van der Waals surface area contributed by atoms with E-state index in [0.29, 0.717) is 12.8 Å². The van der Waals surface area contributed by atoms with Crippen molar-refractivity contribution in [2.75, 3.05) is 20.4 Å². The van der Waals surface area contributed by atoms with E-state index < -0.39 is 28.2 Å². The maximum Gasteiger partial charge on any atom is 0.244 e. The van der Waals surface area contributed by atoms with E-state index in [9.17, 15) is 13.2 Å². The number of carbonyl (C=O) groups excluding carboxylic acids is 1. The number of ether oxygens (including phenoxy) is 2. The Hall–Kier alpha value is -0.900. The summed E-state index contributed by atoms with van der Waals surface area (Å²) < 4.78 is 38.6. The summed E-state index contributed by atoms with van der Waals surface area (Å²) in [5.74, 6) is -0.324. The second-order valence-electron chi connectivity index (χ2n) is 6.31. The highest BCUT2D eigenvalue weighted by molar-refractivity contribution is 7.89. The largest absolute Gasteiger partial charge is 0.359 e. The minimum atomic E-state index is -4.00. The van der Waals surface area contributed by atoms with Crippen LogP contribution in [0.5, 0.6) is 0 Å². The molecule has 0 aromatic heterocycles. The molecule has 144 valence electrons. The van der Waals surface area contributed by atoms with Gasteiger partial charge in [0.05, 0.1) is 17.0 Å². The van der Waals surface area contributed by atoms with Crippen LogP contribution in [0.25, 0.3) is 0 Å². The number of methoxy groups -OCH3 is 1. The van der Waals surface area contributed by atoms with Crippen LogP contribution in [-0.4, -0.2) is 57.3 Å². The van der Waals surface area contributed by atoms with Crippen LogP contribution in [0.1, 0.15) is 19.3 Å². The molecule has 0 spiro atoms. The topological polar surface area (TPSA) is 84.9 Å². The Morgan fingerprint density at radius 2 is 1.92 bits per heavy atom. The molecule has 2 fully saturated rings. The number of hydrogen-bond acceptors (Lipinski definition) is 5. The van der Waals surface area contributed by atoms with E-state index in [2.05, 4.69) is 5.32 Å². The van der Waals surface area contributed by atoms with Gasteiger partial charge in [0.15, 0.2) is 0 Å². The third-order valence-electron chi connectivity index (χ3n) is 4.63. The first-order chi connectivity index (χ1) is 12.3. The fraction of sp³-hybridized carbons (Fsp3) is 0.562. The fourth-order valence-electron chi connectivity index (χ4n) is 3.53. The molecular weight excluding hydrogens is 403 g/mol. The lowest BCUT2D eigenvalue weighted by molar-refractivity contribution is -0.125. The minimum Gasteiger partial charge on any atom is -0.359 e. The van der Waals surface area contributed by atoms with Gasteiger partial charge in [0, 0.05) is 23.7 Å². The van der Waals surface area contributed by atoms with Crippen molar-refractivity contribution < 1.29 is 22.7 Å². The molecule has 3 rings (SSSR count). The summed E-state index contributed by atoms with van der Waals surface area (Å²) in [4.78, 5) is 12.5. The lowest BCUT2D eigenvalue weighted by Gasteiger charge is -2.40. The summed E-state index contributed by atoms with van der Waals surface area (Å²) in [6.07, 6.45) is 1.27. The Morgan fingerprint density at radius 3 is 2.58 bits per heavy atom. The van der Waals surface area contributed by atoms with Crippen molar-refractivity contribution >= 4 is 39.1 Å². The van der Waals surface area contributed by atoms with Gasteiger partial charge in [-0.25, -0.2) is 8.42 Å². The van der Waals surface area contributed by atoms with E-state index in [1.807, 2.05) is 0 Å². The van der Waals surface area contributed by atoms with Crippen LogP contribution in [0.15, 0.2) is 23.1 Å². The van der Waals surface area contributed by atoms with Crippen molar-refractivity contribution in [1.29, 1.82) is 0 Å². The number of amides is 1. The zero-order valence-corrected chi connectivity index (χ0v) is 16.5. The Morgan fingerprint density at radius 1 is 1.23 bits per heavy atom. The average Bonchev–Trinajstić information content (AvgIpc) is 2.67. The van der Waals surface area contributed by atoms with Crippen LogP contribution in [0, 0.1) is 0 Å². The molecule has 2 heterocycles. The molecule has 1 amide bonds. The van der Waals surface area contributed by atoms with Crippen LogP contribution in [-0.2, 0) is 24.3 Å². The van der Waals surface area contributed by atoms with E-state index in [4.69, 9.17) is 32.7 Å². The number of piperidine rings is 1. The molecule has 1 aromatic carbocycles. The highest BCUT2D eigenvalue weighted by Gasteiger charge is 2.48. The van der Waals surface area contributed by atoms with Crippen molar-refractivity contribution in [3.8, 4) is 0 Å². The third kappa shape index (κ3) is 3.85. The molecule has 3 atom stereocenters. The van der Waals surface area contributed by atoms with Gasteiger partial charge >= 0.3 is 0 Å². The van der Waals surface area contributed by atoms with Gasteiger partial charge in [0.1, 0.15) is 12.8 Å². The second kappa shape index (κ2) is 8.00. The first-order valence-corrected chi connectivity index (χ1v) is 10.4. The number of nitrogens with zero attached hydrogens (tertiary/aromatic N) is 1. The van der Waals surface area contributed by atoms with E-state index in [1.165, 1.54) is 29.6 Å². The van der Waals surface area contributed by atoms with Crippen LogP contribution >= 0.6 is 23.2 Å². The first kappa shape index (κ1) is 19.9. The Labute approximate surface area is 162 Å². The first-order valence-electron chi connectivity index (χ1n) is 8.22. The molecule has 7 nitrogen and oxygen atoms in total. The predicted molar refractivity (Wildman–Crippen MR) is 96.7 cm³/mol. The Kier molecular flexibility index (Phi) is 6.11. The van der Waals surface area contributed by atoms with Crippen LogP contribution in [0.4, 0.5) is 0 Å². The van der Waals surface area contributed by atoms with Gasteiger partial charge in [-0.3, -0.25) is 4.79 Å². The number of nitrogens with one attached hydrogen (secondary N) is 1. The van der Waals surface area contributed by atoms with Crippen molar-refractivity contribution in [2.24, 2.45) is 0 Å². The van der Waals surface area contributed by atoms with E-state index >= 15 is 0 Å². The van der Waals surface area contributed by atoms with Gasteiger partial charge in [-0.2, -0.15) is 4.31 Å². The summed E-state index contributed by atoms with van der Waals surface area (Å²) in [5, 5.41) is 3.20. The zero-order valence-electron chi connectivity index (χ0n) is 14.2. The molecule has 0 aliphatic carbocycles. The van der Waals surface area contributed by atoms with Gasteiger partial charge in [0.2, 0.25) is 15.9 Å². The van der Waals surface area contributed by atoms with E-state index in [1.54, 1.807) is 0 Å². The minimum absolute atomic E-state index is 0.0125. The van der Waals surface area contributed by atoms with E-state index in [0.717, 1.165) is 6.42 Å². The molecule has 2 saturated heterocycles. The summed E-state index contributed by atoms with van der Waals surface area (Å²) in [7, 11) is -2.51. The molecular formula is C16H20Cl2N2O5S. The number of hydrogen-bond donors (Lipinski definition) is 1. The molecule has 0 saturated carbocycles. The predicted octanol–water partition coefficient (Wildman–Crippen LogP) is 2.02. The number of halogens is 2. The quantitative estimate of drug-likeness (QED) is 0.733. The van der Waals surface area contributed by atoms with Crippen LogP contribution < -0.4 is 5.32 Å². The molecule has 10 heteroatoms. The summed E-state index contributed by atoms with van der Waals surface area (Å²) >= 11 is 12.0. The summed E-state index contributed by atoms with van der Waals surface area (Å²) in [5.41, 5.74) is 0. The molecule has 1 unspecified atom stereocenters. The fourth-order valence-corrected chi connectivity index (χ4v) is 6.11. The SMILES string of the molecule is COCO[C@H]1CNC(=O)C2CCC[C@@H]1N2S(=O)(=O)c1cc(Cl)cc(Cl)c1. The van der Waals surface area contributed by atoms with Gasteiger partial charge in [-0.1, -0.05) is 23.2 Å². The monoisotopic (exact) mass is 422 g/mol. The number of carbonyl (C=O) groups is 1. The van der Waals surface area contributed by atoms with Crippen molar-refractivity contribution in [3.63, 3.8) is 0 Å². The van der Waals surface area contributed by atoms with Gasteiger partial charge in [-0.15, -0.1) is 0 Å². The third-order valence-corrected chi connectivity index (χ3v) is 6.98. The maximum absolute atomic E-state index is 13.4. The van der Waals surface area contributed by atoms with E-state index in [-0.39, 0.29) is 34.2 Å². The molecule has 26 heavy (non-hydrogen) atoms. The zero-order chi connectivity index (χ0) is 18.9. The van der Waals surface area contributed by atoms with Gasteiger partial charge < -0.3 is 14.8 Å². The molecule has 1 N–H and O–H groups in total. The number of rotatable bonds is 5. The molecule has 0 radical (unpaired) electrons. The molecule has 2 bridgehead atoms. The highest BCUT2D eigenvalue weighted by Crippen LogP contribution is 2.35. The maximum atomic E-state index is 13.4. The molecule has 1 aromatic rings. The van der Waals surface area contributed by atoms with Crippen molar-refractivity contribution in [2.45, 2.75) is 42.3 Å². The lowest BCUT2D eigenvalue weighted by Crippen LogP contribution is -2.56. The summed E-state index contributed by atoms with van der Waals surface area (Å²) in [6.45, 7) is 0.240. The Balaban J connectivity index is 2.04. The second-order valence-corrected chi connectivity index (χ2v) is 9.03. The van der Waals surface area contributed by atoms with Crippen molar-refractivity contribution in [3.05, 3.63) is 28.2 Å². The molecule has 2 aliphatic rings. The highest BCUT2D eigenvalue weighted by atomic mass is 35.5. The smallest absolute Gasteiger partial charge is 0.244 e. The summed E-state index contributed by atoms with van der Waals surface area (Å²) in [6, 6.07) is 2.87. The lowest BCUT2D eigenvalue weighted by atomic mass is 9.96. The van der Waals surface area contributed by atoms with Crippen molar-refractivity contribution in [1.82, 2.24) is 9.62 Å².